The second-order valence-electron chi connectivity index (χ2n) is 6.15. The Kier molecular flexibility index (Phi) is 4.80. The number of aryl methyl sites for hydroxylation is 2. The summed E-state index contributed by atoms with van der Waals surface area (Å²) in [5.41, 5.74) is 6.62. The normalized spacial score (nSPS) is 10.4. The largest absolute Gasteiger partial charge is 0.354 e. The molecule has 0 aliphatic heterocycles. The fourth-order valence-electron chi connectivity index (χ4n) is 2.51. The third kappa shape index (κ3) is 4.04. The Morgan fingerprint density at radius 1 is 0.920 bits per heavy atom. The molecule has 2 N–H and O–H groups in total. The van der Waals surface area contributed by atoms with Crippen molar-refractivity contribution in [3.63, 3.8) is 0 Å². The van der Waals surface area contributed by atoms with Crippen LogP contribution in [0.5, 0.6) is 0 Å². The van der Waals surface area contributed by atoms with E-state index in [1.807, 2.05) is 43.3 Å². The smallest absolute Gasteiger partial charge is 0.257 e. The molecule has 0 radical (unpaired) electrons. The van der Waals surface area contributed by atoms with Gasteiger partial charge in [0.25, 0.3) is 5.91 Å². The van der Waals surface area contributed by atoms with Gasteiger partial charge in [-0.15, -0.1) is 0 Å². The zero-order chi connectivity index (χ0) is 17.8. The summed E-state index contributed by atoms with van der Waals surface area (Å²) in [7, 11) is 0. The van der Waals surface area contributed by atoms with Crippen LogP contribution in [0.4, 0.5) is 17.1 Å². The Labute approximate surface area is 147 Å². The van der Waals surface area contributed by atoms with Crippen molar-refractivity contribution in [2.75, 3.05) is 10.6 Å². The van der Waals surface area contributed by atoms with E-state index in [0.717, 1.165) is 22.6 Å². The Morgan fingerprint density at radius 3 is 2.44 bits per heavy atom. The molecule has 0 saturated heterocycles. The molecule has 0 bridgehead atoms. The van der Waals surface area contributed by atoms with Crippen LogP contribution in [-0.2, 0) is 0 Å². The molecular weight excluding hydrogens is 310 g/mol. The summed E-state index contributed by atoms with van der Waals surface area (Å²) < 4.78 is 0. The molecule has 0 aliphatic rings. The molecule has 3 rings (SSSR count). The maximum absolute atomic E-state index is 12.4. The Bertz CT molecular complexity index is 901. The van der Waals surface area contributed by atoms with Crippen molar-refractivity contribution in [3.8, 4) is 0 Å². The topological polar surface area (TPSA) is 54.0 Å². The summed E-state index contributed by atoms with van der Waals surface area (Å²) in [6.07, 6.45) is 3.28. The van der Waals surface area contributed by atoms with Crippen LogP contribution in [0, 0.1) is 20.8 Å². The molecule has 0 saturated carbocycles. The van der Waals surface area contributed by atoms with Crippen LogP contribution in [0.1, 0.15) is 27.0 Å². The third-order valence-electron chi connectivity index (χ3n) is 4.19. The number of rotatable bonds is 4. The second kappa shape index (κ2) is 7.18. The molecule has 4 heteroatoms. The monoisotopic (exact) mass is 331 g/mol. The Balaban J connectivity index is 1.77. The summed E-state index contributed by atoms with van der Waals surface area (Å²) in [5, 5.41) is 6.23. The number of anilines is 3. The van der Waals surface area contributed by atoms with E-state index in [1.54, 1.807) is 18.5 Å². The number of carbonyl (C=O) groups is 1. The van der Waals surface area contributed by atoms with E-state index < -0.39 is 0 Å². The van der Waals surface area contributed by atoms with Crippen LogP contribution >= 0.6 is 0 Å². The summed E-state index contributed by atoms with van der Waals surface area (Å²) in [6.45, 7) is 6.15. The molecule has 1 aromatic heterocycles. The van der Waals surface area contributed by atoms with Crippen molar-refractivity contribution >= 4 is 23.0 Å². The second-order valence-corrected chi connectivity index (χ2v) is 6.15. The Morgan fingerprint density at radius 2 is 1.68 bits per heavy atom. The lowest BCUT2D eigenvalue weighted by atomic mass is 10.1. The molecule has 0 spiro atoms. The average Bonchev–Trinajstić information content (AvgIpc) is 2.61. The number of nitrogens with zero attached hydrogens (tertiary/aromatic N) is 1. The molecule has 2 aromatic carbocycles. The number of nitrogens with one attached hydrogen (secondary N) is 2. The highest BCUT2D eigenvalue weighted by atomic mass is 16.1. The Hall–Kier alpha value is -3.14. The van der Waals surface area contributed by atoms with Gasteiger partial charge >= 0.3 is 0 Å². The molecule has 0 fully saturated rings. The molecule has 4 nitrogen and oxygen atoms in total. The molecular formula is C21H21N3O. The molecule has 1 amide bonds. The van der Waals surface area contributed by atoms with E-state index in [0.29, 0.717) is 5.56 Å². The van der Waals surface area contributed by atoms with Gasteiger partial charge in [0.15, 0.2) is 0 Å². The number of aromatic nitrogens is 1. The zero-order valence-corrected chi connectivity index (χ0v) is 14.6. The van der Waals surface area contributed by atoms with Crippen LogP contribution in [0.15, 0.2) is 60.9 Å². The maximum atomic E-state index is 12.4. The molecule has 0 unspecified atom stereocenters. The van der Waals surface area contributed by atoms with Gasteiger partial charge in [-0.25, -0.2) is 0 Å². The SMILES string of the molecule is Cc1ccc(NC(=O)c2cncc(Nc3cccc(C)c3C)c2)cc1. The molecule has 0 aliphatic carbocycles. The van der Waals surface area contributed by atoms with E-state index >= 15 is 0 Å². The van der Waals surface area contributed by atoms with Gasteiger partial charge in [-0.05, 0) is 56.2 Å². The molecule has 3 aromatic rings. The highest BCUT2D eigenvalue weighted by molar-refractivity contribution is 6.04. The van der Waals surface area contributed by atoms with Crippen LogP contribution < -0.4 is 10.6 Å². The van der Waals surface area contributed by atoms with E-state index in [9.17, 15) is 4.79 Å². The minimum atomic E-state index is -0.180. The zero-order valence-electron chi connectivity index (χ0n) is 14.6. The van der Waals surface area contributed by atoms with Crippen LogP contribution in [0.25, 0.3) is 0 Å². The molecule has 0 atom stereocenters. The fourth-order valence-corrected chi connectivity index (χ4v) is 2.51. The van der Waals surface area contributed by atoms with Crippen molar-refractivity contribution in [2.24, 2.45) is 0 Å². The van der Waals surface area contributed by atoms with Crippen molar-refractivity contribution in [1.82, 2.24) is 4.98 Å². The van der Waals surface area contributed by atoms with E-state index in [4.69, 9.17) is 0 Å². The van der Waals surface area contributed by atoms with Crippen molar-refractivity contribution in [3.05, 3.63) is 83.2 Å². The molecule has 126 valence electrons. The predicted octanol–water partition coefficient (Wildman–Crippen LogP) is 5.00. The van der Waals surface area contributed by atoms with Gasteiger partial charge in [-0.3, -0.25) is 9.78 Å². The molecule has 1 heterocycles. The van der Waals surface area contributed by atoms with E-state index in [-0.39, 0.29) is 5.91 Å². The minimum Gasteiger partial charge on any atom is -0.354 e. The van der Waals surface area contributed by atoms with Crippen LogP contribution in [-0.4, -0.2) is 10.9 Å². The lowest BCUT2D eigenvalue weighted by Crippen LogP contribution is -2.12. The lowest BCUT2D eigenvalue weighted by Gasteiger charge is -2.12. The summed E-state index contributed by atoms with van der Waals surface area (Å²) in [5.74, 6) is -0.180. The number of hydrogen-bond acceptors (Lipinski definition) is 3. The number of carbonyl (C=O) groups excluding carboxylic acids is 1. The van der Waals surface area contributed by atoms with Crippen molar-refractivity contribution in [2.45, 2.75) is 20.8 Å². The maximum Gasteiger partial charge on any atom is 0.257 e. The first-order valence-electron chi connectivity index (χ1n) is 8.19. The van der Waals surface area contributed by atoms with Crippen molar-refractivity contribution < 1.29 is 4.79 Å². The van der Waals surface area contributed by atoms with Gasteiger partial charge in [-0.1, -0.05) is 29.8 Å². The summed E-state index contributed by atoms with van der Waals surface area (Å²) >= 11 is 0. The predicted molar refractivity (Wildman–Crippen MR) is 103 cm³/mol. The van der Waals surface area contributed by atoms with Gasteiger partial charge in [-0.2, -0.15) is 0 Å². The van der Waals surface area contributed by atoms with Gasteiger partial charge in [0.05, 0.1) is 17.4 Å². The van der Waals surface area contributed by atoms with E-state index in [2.05, 4.69) is 35.5 Å². The quantitative estimate of drug-likeness (QED) is 0.707. The average molecular weight is 331 g/mol. The minimum absolute atomic E-state index is 0.180. The standard InChI is InChI=1S/C21H21N3O/c1-14-7-9-18(10-8-14)24-21(25)17-11-19(13-22-12-17)23-20-6-4-5-15(2)16(20)3/h4-13,23H,1-3H3,(H,24,25). The van der Waals surface area contributed by atoms with Gasteiger partial charge in [0, 0.05) is 17.6 Å². The summed E-state index contributed by atoms with van der Waals surface area (Å²) in [4.78, 5) is 16.6. The van der Waals surface area contributed by atoms with Crippen LogP contribution in [0.2, 0.25) is 0 Å². The summed E-state index contributed by atoms with van der Waals surface area (Å²) in [6, 6.07) is 15.6. The first-order valence-corrected chi connectivity index (χ1v) is 8.19. The number of benzene rings is 2. The van der Waals surface area contributed by atoms with Gasteiger partial charge < -0.3 is 10.6 Å². The van der Waals surface area contributed by atoms with Crippen LogP contribution in [0.3, 0.4) is 0 Å². The third-order valence-corrected chi connectivity index (χ3v) is 4.19. The highest BCUT2D eigenvalue weighted by Crippen LogP contribution is 2.23. The lowest BCUT2D eigenvalue weighted by molar-refractivity contribution is 0.102. The fraction of sp³-hybridized carbons (Fsp3) is 0.143. The van der Waals surface area contributed by atoms with Crippen molar-refractivity contribution in [1.29, 1.82) is 0 Å². The number of hydrogen-bond donors (Lipinski definition) is 2. The van der Waals surface area contributed by atoms with Gasteiger partial charge in [0.1, 0.15) is 0 Å². The van der Waals surface area contributed by atoms with E-state index in [1.165, 1.54) is 11.1 Å². The van der Waals surface area contributed by atoms with Gasteiger partial charge in [0.2, 0.25) is 0 Å². The first-order chi connectivity index (χ1) is 12.0. The first kappa shape index (κ1) is 16.7. The molecule has 25 heavy (non-hydrogen) atoms. The number of pyridine rings is 1. The highest BCUT2D eigenvalue weighted by Gasteiger charge is 2.08. The number of amides is 1.